The third-order valence-electron chi connectivity index (χ3n) is 3.06. The second kappa shape index (κ2) is 6.33. The molecule has 0 saturated carbocycles. The fourth-order valence-corrected chi connectivity index (χ4v) is 2.58. The molecule has 0 radical (unpaired) electrons. The van der Waals surface area contributed by atoms with E-state index in [9.17, 15) is 0 Å². The first-order valence-electron chi connectivity index (χ1n) is 6.85. The Labute approximate surface area is 124 Å². The number of anilines is 1. The number of hydrogen-bond acceptors (Lipinski definition) is 5. The molecular formula is C15H22N4S. The summed E-state index contributed by atoms with van der Waals surface area (Å²) < 4.78 is 4.38. The largest absolute Gasteiger partial charge is 0.360 e. The van der Waals surface area contributed by atoms with Crippen LogP contribution < -0.4 is 11.1 Å². The summed E-state index contributed by atoms with van der Waals surface area (Å²) >= 11 is 1.41. The van der Waals surface area contributed by atoms with Gasteiger partial charge in [-0.2, -0.15) is 4.37 Å². The van der Waals surface area contributed by atoms with Gasteiger partial charge >= 0.3 is 0 Å². The Bertz CT molecular complexity index is 530. The smallest absolute Gasteiger partial charge is 0.202 e. The maximum absolute atomic E-state index is 6.16. The number of nitrogens with zero attached hydrogens (tertiary/aromatic N) is 2. The van der Waals surface area contributed by atoms with E-state index in [0.717, 1.165) is 23.9 Å². The van der Waals surface area contributed by atoms with E-state index >= 15 is 0 Å². The van der Waals surface area contributed by atoms with Crippen molar-refractivity contribution in [1.29, 1.82) is 0 Å². The van der Waals surface area contributed by atoms with Crippen molar-refractivity contribution in [1.82, 2.24) is 9.36 Å². The van der Waals surface area contributed by atoms with E-state index in [1.165, 1.54) is 17.1 Å². The zero-order chi connectivity index (χ0) is 14.6. The van der Waals surface area contributed by atoms with Crippen LogP contribution >= 0.6 is 11.5 Å². The van der Waals surface area contributed by atoms with Crippen LogP contribution in [0.25, 0.3) is 0 Å². The zero-order valence-corrected chi connectivity index (χ0v) is 13.1. The number of hydrogen-bond donors (Lipinski definition) is 2. The lowest BCUT2D eigenvalue weighted by Gasteiger charge is -2.13. The van der Waals surface area contributed by atoms with Gasteiger partial charge in [-0.3, -0.25) is 0 Å². The van der Waals surface area contributed by atoms with Crippen LogP contribution in [0, 0.1) is 0 Å². The Kier molecular flexibility index (Phi) is 4.73. The molecule has 0 aliphatic heterocycles. The molecule has 4 nitrogen and oxygen atoms in total. The first-order valence-corrected chi connectivity index (χ1v) is 7.63. The molecule has 0 saturated heterocycles. The molecular weight excluding hydrogens is 268 g/mol. The summed E-state index contributed by atoms with van der Waals surface area (Å²) in [6.07, 6.45) is 0.869. The lowest BCUT2D eigenvalue weighted by atomic mass is 9.96. The Morgan fingerprint density at radius 3 is 2.55 bits per heavy atom. The quantitative estimate of drug-likeness (QED) is 0.886. The number of benzene rings is 1. The lowest BCUT2D eigenvalue weighted by Crippen LogP contribution is -2.16. The van der Waals surface area contributed by atoms with Crippen molar-refractivity contribution in [2.75, 3.05) is 11.9 Å². The SMILES string of the molecule is CC(C)(C)c1nsc(NCCC(N)c2ccccc2)n1. The van der Waals surface area contributed by atoms with Crippen LogP contribution in [-0.2, 0) is 5.41 Å². The van der Waals surface area contributed by atoms with E-state index in [1.54, 1.807) is 0 Å². The van der Waals surface area contributed by atoms with Crippen LogP contribution in [0.3, 0.4) is 0 Å². The lowest BCUT2D eigenvalue weighted by molar-refractivity contribution is 0.555. The van der Waals surface area contributed by atoms with Gasteiger partial charge in [-0.25, -0.2) is 4.98 Å². The van der Waals surface area contributed by atoms with Crippen LogP contribution in [0.4, 0.5) is 5.13 Å². The Morgan fingerprint density at radius 1 is 1.25 bits per heavy atom. The van der Waals surface area contributed by atoms with E-state index in [-0.39, 0.29) is 11.5 Å². The molecule has 2 rings (SSSR count). The van der Waals surface area contributed by atoms with Gasteiger partial charge in [-0.05, 0) is 12.0 Å². The van der Waals surface area contributed by atoms with Gasteiger partial charge in [0.2, 0.25) is 5.13 Å². The summed E-state index contributed by atoms with van der Waals surface area (Å²) in [7, 11) is 0. The van der Waals surface area contributed by atoms with Crippen LogP contribution in [0.5, 0.6) is 0 Å². The van der Waals surface area contributed by atoms with Crippen molar-refractivity contribution in [3.63, 3.8) is 0 Å². The van der Waals surface area contributed by atoms with E-state index in [4.69, 9.17) is 5.73 Å². The van der Waals surface area contributed by atoms with Crippen molar-refractivity contribution in [2.24, 2.45) is 5.73 Å². The summed E-state index contributed by atoms with van der Waals surface area (Å²) in [5, 5.41) is 4.17. The van der Waals surface area contributed by atoms with E-state index in [2.05, 4.69) is 47.6 Å². The number of aromatic nitrogens is 2. The summed E-state index contributed by atoms with van der Waals surface area (Å²) in [6.45, 7) is 7.15. The fourth-order valence-electron chi connectivity index (χ4n) is 1.80. The summed E-state index contributed by atoms with van der Waals surface area (Å²) in [6, 6.07) is 10.2. The molecule has 3 N–H and O–H groups in total. The fraction of sp³-hybridized carbons (Fsp3) is 0.467. The highest BCUT2D eigenvalue weighted by atomic mass is 32.1. The van der Waals surface area contributed by atoms with Crippen molar-refractivity contribution in [3.8, 4) is 0 Å². The molecule has 0 aliphatic carbocycles. The minimum Gasteiger partial charge on any atom is -0.360 e. The van der Waals surface area contributed by atoms with E-state index in [0.29, 0.717) is 0 Å². The molecule has 1 atom stereocenters. The van der Waals surface area contributed by atoms with Gasteiger partial charge < -0.3 is 11.1 Å². The Balaban J connectivity index is 1.83. The van der Waals surface area contributed by atoms with Crippen LogP contribution in [-0.4, -0.2) is 15.9 Å². The van der Waals surface area contributed by atoms with Crippen LogP contribution in [0.2, 0.25) is 0 Å². The molecule has 0 bridgehead atoms. The molecule has 108 valence electrons. The topological polar surface area (TPSA) is 63.8 Å². The molecule has 1 aromatic carbocycles. The zero-order valence-electron chi connectivity index (χ0n) is 12.3. The second-order valence-electron chi connectivity index (χ2n) is 5.91. The van der Waals surface area contributed by atoms with Gasteiger partial charge in [-0.15, -0.1) is 0 Å². The normalized spacial score (nSPS) is 13.2. The molecule has 0 spiro atoms. The van der Waals surface area contributed by atoms with E-state index < -0.39 is 0 Å². The maximum Gasteiger partial charge on any atom is 0.202 e. The molecule has 0 aliphatic rings. The number of rotatable bonds is 5. The minimum absolute atomic E-state index is 0.00310. The first-order chi connectivity index (χ1) is 9.47. The predicted octanol–water partition coefficient (Wildman–Crippen LogP) is 3.34. The van der Waals surface area contributed by atoms with Gasteiger partial charge in [0.1, 0.15) is 5.82 Å². The number of nitrogens with one attached hydrogen (secondary N) is 1. The molecule has 2 aromatic rings. The molecule has 1 unspecified atom stereocenters. The molecule has 1 heterocycles. The first kappa shape index (κ1) is 14.9. The molecule has 5 heteroatoms. The highest BCUT2D eigenvalue weighted by molar-refractivity contribution is 7.09. The van der Waals surface area contributed by atoms with Gasteiger partial charge in [0.25, 0.3) is 0 Å². The van der Waals surface area contributed by atoms with Gasteiger partial charge in [-0.1, -0.05) is 51.1 Å². The Morgan fingerprint density at radius 2 is 1.95 bits per heavy atom. The highest BCUT2D eigenvalue weighted by Gasteiger charge is 2.19. The summed E-state index contributed by atoms with van der Waals surface area (Å²) in [5.41, 5.74) is 7.33. The molecule has 1 aromatic heterocycles. The minimum atomic E-state index is -0.00310. The summed E-state index contributed by atoms with van der Waals surface area (Å²) in [4.78, 5) is 4.51. The molecule has 0 fully saturated rings. The molecule has 0 amide bonds. The second-order valence-corrected chi connectivity index (χ2v) is 6.66. The Hall–Kier alpha value is -1.46. The average molecular weight is 290 g/mol. The highest BCUT2D eigenvalue weighted by Crippen LogP contribution is 2.23. The van der Waals surface area contributed by atoms with Crippen LogP contribution in [0.15, 0.2) is 30.3 Å². The van der Waals surface area contributed by atoms with Crippen LogP contribution in [0.1, 0.15) is 44.6 Å². The average Bonchev–Trinajstić information content (AvgIpc) is 2.88. The third-order valence-corrected chi connectivity index (χ3v) is 3.73. The monoisotopic (exact) mass is 290 g/mol. The van der Waals surface area contributed by atoms with Crippen molar-refractivity contribution in [3.05, 3.63) is 41.7 Å². The molecule has 20 heavy (non-hydrogen) atoms. The van der Waals surface area contributed by atoms with Gasteiger partial charge in [0, 0.05) is 29.5 Å². The maximum atomic E-state index is 6.16. The standard InChI is InChI=1S/C15H22N4S/c1-15(2,3)13-18-14(20-19-13)17-10-9-12(16)11-7-5-4-6-8-11/h4-8,12H,9-10,16H2,1-3H3,(H,17,18,19). The van der Waals surface area contributed by atoms with Gasteiger partial charge in [0.15, 0.2) is 0 Å². The van der Waals surface area contributed by atoms with Gasteiger partial charge in [0.05, 0.1) is 0 Å². The van der Waals surface area contributed by atoms with Crippen molar-refractivity contribution < 1.29 is 0 Å². The predicted molar refractivity (Wildman–Crippen MR) is 85.1 cm³/mol. The van der Waals surface area contributed by atoms with Crippen molar-refractivity contribution >= 4 is 16.7 Å². The van der Waals surface area contributed by atoms with Crippen molar-refractivity contribution in [2.45, 2.75) is 38.6 Å². The van der Waals surface area contributed by atoms with E-state index in [1.807, 2.05) is 18.2 Å². The number of nitrogens with two attached hydrogens (primary N) is 1. The third kappa shape index (κ3) is 4.02. The summed E-state index contributed by atoms with van der Waals surface area (Å²) in [5.74, 6) is 0.886.